The lowest BCUT2D eigenvalue weighted by molar-refractivity contribution is 1.79. The number of hydrogen-bond acceptors (Lipinski definition) is 3. The van der Waals surface area contributed by atoms with Crippen LogP contribution in [0, 0.1) is 0 Å². The van der Waals surface area contributed by atoms with Crippen LogP contribution in [0.3, 0.4) is 0 Å². The van der Waals surface area contributed by atoms with E-state index in [9.17, 15) is 0 Å². The van der Waals surface area contributed by atoms with E-state index < -0.39 is 0 Å². The third kappa shape index (κ3) is 0.851. The van der Waals surface area contributed by atoms with Gasteiger partial charge in [0.1, 0.15) is 0 Å². The first-order valence-corrected chi connectivity index (χ1v) is 4.18. The molecule has 0 aliphatic heterocycles. The van der Waals surface area contributed by atoms with Crippen molar-refractivity contribution in [1.82, 2.24) is 0 Å². The van der Waals surface area contributed by atoms with Crippen molar-refractivity contribution in [3.63, 3.8) is 0 Å². The van der Waals surface area contributed by atoms with Crippen LogP contribution in [0.25, 0.3) is 10.1 Å². The van der Waals surface area contributed by atoms with Crippen LogP contribution in [0.2, 0.25) is 0 Å². The van der Waals surface area contributed by atoms with E-state index in [0.717, 1.165) is 21.5 Å². The van der Waals surface area contributed by atoms with Gasteiger partial charge in [-0.25, -0.2) is 0 Å². The van der Waals surface area contributed by atoms with E-state index in [4.69, 9.17) is 11.5 Å². The van der Waals surface area contributed by atoms with Gasteiger partial charge in [-0.2, -0.15) is 0 Å². The highest BCUT2D eigenvalue weighted by molar-refractivity contribution is 7.17. The van der Waals surface area contributed by atoms with Gasteiger partial charge in [0, 0.05) is 21.2 Å². The molecule has 4 N–H and O–H groups in total. The summed E-state index contributed by atoms with van der Waals surface area (Å²) >= 11 is 1.62. The van der Waals surface area contributed by atoms with E-state index in [1.807, 2.05) is 23.6 Å². The van der Waals surface area contributed by atoms with Crippen molar-refractivity contribution in [2.24, 2.45) is 0 Å². The number of nitrogens with two attached hydrogens (primary N) is 2. The van der Waals surface area contributed by atoms with E-state index in [-0.39, 0.29) is 0 Å². The number of thiophene rings is 1. The molecule has 3 heteroatoms. The Bertz CT molecular complexity index is 392. The highest BCUT2D eigenvalue weighted by Crippen LogP contribution is 2.31. The molecule has 0 spiro atoms. The Hall–Kier alpha value is -1.22. The largest absolute Gasteiger partial charge is 0.398 e. The lowest BCUT2D eigenvalue weighted by atomic mass is 10.2. The summed E-state index contributed by atoms with van der Waals surface area (Å²) in [7, 11) is 0. The minimum absolute atomic E-state index is 0.765. The smallest absolute Gasteiger partial charge is 0.0523 e. The van der Waals surface area contributed by atoms with Gasteiger partial charge in [-0.3, -0.25) is 0 Å². The quantitative estimate of drug-likeness (QED) is 0.585. The highest BCUT2D eigenvalue weighted by Gasteiger charge is 2.02. The van der Waals surface area contributed by atoms with Crippen molar-refractivity contribution in [3.05, 3.63) is 23.6 Å². The molecule has 1 aromatic heterocycles. The van der Waals surface area contributed by atoms with E-state index >= 15 is 0 Å². The van der Waals surface area contributed by atoms with Gasteiger partial charge in [0.2, 0.25) is 0 Å². The van der Waals surface area contributed by atoms with Crippen molar-refractivity contribution in [1.29, 1.82) is 0 Å². The summed E-state index contributed by atoms with van der Waals surface area (Å²) in [4.78, 5) is 0. The molecule has 0 aliphatic rings. The molecule has 0 aliphatic carbocycles. The number of nitrogen functional groups attached to an aromatic ring is 2. The maximum Gasteiger partial charge on any atom is 0.0523 e. The molecule has 2 nitrogen and oxygen atoms in total. The van der Waals surface area contributed by atoms with Crippen LogP contribution in [0.4, 0.5) is 11.4 Å². The van der Waals surface area contributed by atoms with Crippen LogP contribution in [-0.2, 0) is 0 Å². The van der Waals surface area contributed by atoms with Gasteiger partial charge in [-0.15, -0.1) is 11.3 Å². The summed E-state index contributed by atoms with van der Waals surface area (Å²) in [5, 5.41) is 2.92. The molecular weight excluding hydrogens is 156 g/mol. The van der Waals surface area contributed by atoms with Gasteiger partial charge in [0.25, 0.3) is 0 Å². The lowest BCUT2D eigenvalue weighted by Crippen LogP contribution is -1.87. The zero-order valence-corrected chi connectivity index (χ0v) is 6.69. The molecule has 2 aromatic rings. The van der Waals surface area contributed by atoms with E-state index in [2.05, 4.69) is 0 Å². The molecular formula is C8H8N2S. The first kappa shape index (κ1) is 6.49. The summed E-state index contributed by atoms with van der Waals surface area (Å²) in [5.41, 5.74) is 13.0. The molecule has 11 heavy (non-hydrogen) atoms. The normalized spacial score (nSPS) is 10.5. The van der Waals surface area contributed by atoms with E-state index in [1.54, 1.807) is 11.3 Å². The molecule has 0 fully saturated rings. The van der Waals surface area contributed by atoms with Crippen LogP contribution in [0.15, 0.2) is 23.6 Å². The summed E-state index contributed by atoms with van der Waals surface area (Å²) < 4.78 is 1.16. The topological polar surface area (TPSA) is 52.0 Å². The Morgan fingerprint density at radius 3 is 2.64 bits per heavy atom. The van der Waals surface area contributed by atoms with Crippen molar-refractivity contribution in [2.75, 3.05) is 11.5 Å². The van der Waals surface area contributed by atoms with Gasteiger partial charge >= 0.3 is 0 Å². The van der Waals surface area contributed by atoms with Crippen molar-refractivity contribution in [3.8, 4) is 0 Å². The molecule has 0 amide bonds. The van der Waals surface area contributed by atoms with Crippen LogP contribution >= 0.6 is 11.3 Å². The zero-order valence-electron chi connectivity index (χ0n) is 5.87. The lowest BCUT2D eigenvalue weighted by Gasteiger charge is -1.95. The number of fused-ring (bicyclic) bond motifs is 1. The van der Waals surface area contributed by atoms with Crippen molar-refractivity contribution in [2.45, 2.75) is 0 Å². The number of rotatable bonds is 0. The summed E-state index contributed by atoms with van der Waals surface area (Å²) in [5.74, 6) is 0. The molecule has 0 unspecified atom stereocenters. The summed E-state index contributed by atoms with van der Waals surface area (Å²) in [6.07, 6.45) is 0. The van der Waals surface area contributed by atoms with Gasteiger partial charge in [-0.1, -0.05) is 6.07 Å². The standard InChI is InChI=1S/C8H8N2S/c9-5-2-1-3-7-8(5)6(10)4-11-7/h1-4H,9-10H2. The Balaban J connectivity index is 2.96. The third-order valence-electron chi connectivity index (χ3n) is 1.66. The summed E-state index contributed by atoms with van der Waals surface area (Å²) in [6.45, 7) is 0. The molecule has 1 heterocycles. The Labute approximate surface area is 68.4 Å². The second kappa shape index (κ2) is 2.13. The Morgan fingerprint density at radius 1 is 1.09 bits per heavy atom. The van der Waals surface area contributed by atoms with Crippen LogP contribution in [-0.4, -0.2) is 0 Å². The minimum atomic E-state index is 0.765. The third-order valence-corrected chi connectivity index (χ3v) is 2.63. The molecule has 0 saturated heterocycles. The minimum Gasteiger partial charge on any atom is -0.398 e. The van der Waals surface area contributed by atoms with Crippen molar-refractivity contribution < 1.29 is 0 Å². The first-order valence-electron chi connectivity index (χ1n) is 3.30. The second-order valence-electron chi connectivity index (χ2n) is 2.41. The van der Waals surface area contributed by atoms with Crippen LogP contribution in [0.5, 0.6) is 0 Å². The molecule has 0 atom stereocenters. The molecule has 56 valence electrons. The van der Waals surface area contributed by atoms with Gasteiger partial charge < -0.3 is 11.5 Å². The summed E-state index contributed by atoms with van der Waals surface area (Å²) in [6, 6.07) is 5.83. The average Bonchev–Trinajstić information content (AvgIpc) is 2.34. The van der Waals surface area contributed by atoms with E-state index in [0.29, 0.717) is 0 Å². The Morgan fingerprint density at radius 2 is 1.91 bits per heavy atom. The number of anilines is 2. The molecule has 0 saturated carbocycles. The van der Waals surface area contributed by atoms with Gasteiger partial charge in [0.15, 0.2) is 0 Å². The van der Waals surface area contributed by atoms with Crippen LogP contribution in [0.1, 0.15) is 0 Å². The monoisotopic (exact) mass is 164 g/mol. The number of hydrogen-bond donors (Lipinski definition) is 2. The fraction of sp³-hybridized carbons (Fsp3) is 0. The SMILES string of the molecule is Nc1cccc2scc(N)c12. The number of benzene rings is 1. The predicted molar refractivity (Wildman–Crippen MR) is 50.6 cm³/mol. The maximum atomic E-state index is 5.73. The van der Waals surface area contributed by atoms with E-state index in [1.165, 1.54) is 0 Å². The highest BCUT2D eigenvalue weighted by atomic mass is 32.1. The zero-order chi connectivity index (χ0) is 7.84. The Kier molecular flexibility index (Phi) is 1.26. The van der Waals surface area contributed by atoms with Crippen molar-refractivity contribution >= 4 is 32.8 Å². The first-order chi connectivity index (χ1) is 5.29. The van der Waals surface area contributed by atoms with Crippen LogP contribution < -0.4 is 11.5 Å². The fourth-order valence-electron chi connectivity index (χ4n) is 1.14. The molecule has 2 rings (SSSR count). The maximum absolute atomic E-state index is 5.73. The predicted octanol–water partition coefficient (Wildman–Crippen LogP) is 2.07. The second-order valence-corrected chi connectivity index (χ2v) is 3.32. The fourth-order valence-corrected chi connectivity index (χ4v) is 2.02. The molecule has 0 bridgehead atoms. The average molecular weight is 164 g/mol. The molecule has 1 aromatic carbocycles. The van der Waals surface area contributed by atoms with Gasteiger partial charge in [-0.05, 0) is 12.1 Å². The molecule has 0 radical (unpaired) electrons. The van der Waals surface area contributed by atoms with Gasteiger partial charge in [0.05, 0.1) is 5.69 Å².